The summed E-state index contributed by atoms with van der Waals surface area (Å²) in [5.74, 6) is -2.39. The van der Waals surface area contributed by atoms with E-state index in [1.54, 1.807) is 41.3 Å². The third kappa shape index (κ3) is 3.60. The van der Waals surface area contributed by atoms with Gasteiger partial charge >= 0.3 is 0 Å². The molecule has 0 radical (unpaired) electrons. The topological polar surface area (TPSA) is 82.4 Å². The highest BCUT2D eigenvalue weighted by atomic mass is 35.5. The number of Topliss-reactive ketones (excluding diaryl/α,β-unsaturated/α-hetero) is 1. The van der Waals surface area contributed by atoms with Crippen molar-refractivity contribution in [1.29, 1.82) is 0 Å². The number of hydrogen-bond donors (Lipinski definition) is 2. The Morgan fingerprint density at radius 3 is 2.35 bits per heavy atom. The largest absolute Gasteiger partial charge is 0.507 e. The van der Waals surface area contributed by atoms with Gasteiger partial charge in [0, 0.05) is 35.7 Å². The Morgan fingerprint density at radius 2 is 1.71 bits per heavy atom. The summed E-state index contributed by atoms with van der Waals surface area (Å²) in [5, 5.41) is 11.8. The van der Waals surface area contributed by atoms with Crippen LogP contribution in [0.5, 0.6) is 0 Å². The van der Waals surface area contributed by atoms with Crippen LogP contribution in [-0.4, -0.2) is 61.3 Å². The molecule has 0 aromatic heterocycles. The molecular formula is C26H29ClN3O4+. The van der Waals surface area contributed by atoms with Crippen molar-refractivity contribution < 1.29 is 24.4 Å². The van der Waals surface area contributed by atoms with E-state index in [9.17, 15) is 19.5 Å². The number of carbonyl (C=O) groups is 3. The first-order chi connectivity index (χ1) is 16.2. The van der Waals surface area contributed by atoms with E-state index in [0.29, 0.717) is 41.2 Å². The van der Waals surface area contributed by atoms with Crippen molar-refractivity contribution in [2.45, 2.75) is 25.3 Å². The van der Waals surface area contributed by atoms with Crippen LogP contribution in [0.15, 0.2) is 54.1 Å². The molecule has 1 spiro atoms. The number of likely N-dealkylation sites (tertiary alicyclic amines) is 1. The molecule has 7 nitrogen and oxygen atoms in total. The maximum Gasteiger partial charge on any atom is 0.296 e. The second kappa shape index (κ2) is 9.24. The van der Waals surface area contributed by atoms with Crippen LogP contribution in [0.25, 0.3) is 5.76 Å². The van der Waals surface area contributed by atoms with Gasteiger partial charge in [0.25, 0.3) is 17.6 Å². The lowest BCUT2D eigenvalue weighted by atomic mass is 9.82. The van der Waals surface area contributed by atoms with Gasteiger partial charge in [0.2, 0.25) is 0 Å². The number of aliphatic hydroxyl groups excluding tert-OH is 1. The number of rotatable bonds is 7. The van der Waals surface area contributed by atoms with Crippen molar-refractivity contribution in [2.24, 2.45) is 0 Å². The average molecular weight is 483 g/mol. The molecule has 2 aliphatic heterocycles. The van der Waals surface area contributed by atoms with Crippen LogP contribution in [0.1, 0.15) is 30.9 Å². The van der Waals surface area contributed by atoms with E-state index < -0.39 is 17.2 Å². The fraction of sp³-hybridized carbons (Fsp3) is 0.346. The average Bonchev–Trinajstić information content (AvgIpc) is 3.18. The summed E-state index contributed by atoms with van der Waals surface area (Å²) >= 11 is 6.01. The lowest BCUT2D eigenvalue weighted by Crippen LogP contribution is -3.05. The third-order valence-electron chi connectivity index (χ3n) is 6.43. The highest BCUT2D eigenvalue weighted by Crippen LogP contribution is 2.53. The monoisotopic (exact) mass is 482 g/mol. The van der Waals surface area contributed by atoms with E-state index in [4.69, 9.17) is 11.6 Å². The summed E-state index contributed by atoms with van der Waals surface area (Å²) in [6.07, 6.45) is 1.30. The minimum Gasteiger partial charge on any atom is -0.507 e. The van der Waals surface area contributed by atoms with E-state index in [1.807, 2.05) is 33.2 Å². The van der Waals surface area contributed by atoms with Gasteiger partial charge < -0.3 is 19.8 Å². The van der Waals surface area contributed by atoms with Gasteiger partial charge in [-0.15, -0.1) is 0 Å². The third-order valence-corrected chi connectivity index (χ3v) is 6.68. The summed E-state index contributed by atoms with van der Waals surface area (Å²) in [7, 11) is 4.01. The quantitative estimate of drug-likeness (QED) is 0.360. The van der Waals surface area contributed by atoms with Crippen LogP contribution < -0.4 is 9.80 Å². The number of carbonyl (C=O) groups excluding carboxylic acids is 3. The number of ketones is 1. The number of amides is 2. The molecule has 2 amide bonds. The lowest BCUT2D eigenvalue weighted by Gasteiger charge is -2.34. The summed E-state index contributed by atoms with van der Waals surface area (Å²) in [4.78, 5) is 45.2. The number of quaternary nitrogens is 1. The van der Waals surface area contributed by atoms with E-state index in [2.05, 4.69) is 0 Å². The van der Waals surface area contributed by atoms with Gasteiger partial charge in [-0.2, -0.15) is 0 Å². The van der Waals surface area contributed by atoms with Gasteiger partial charge in [0.15, 0.2) is 5.54 Å². The molecule has 8 heteroatoms. The molecule has 0 bridgehead atoms. The SMILES string of the molecule is CCCN1C(=O)C2(C(=C(O)c3ccc(Cl)cc3)C(=O)C(=O)N2CCC[NH+](C)C)c2ccccc21. The molecule has 2 aromatic rings. The predicted octanol–water partition coefficient (Wildman–Crippen LogP) is 2.21. The van der Waals surface area contributed by atoms with Crippen LogP contribution >= 0.6 is 11.6 Å². The van der Waals surface area contributed by atoms with Gasteiger partial charge in [-0.1, -0.05) is 36.7 Å². The van der Waals surface area contributed by atoms with Gasteiger partial charge in [0.05, 0.1) is 31.9 Å². The van der Waals surface area contributed by atoms with E-state index in [1.165, 1.54) is 9.80 Å². The Hall–Kier alpha value is -3.16. The summed E-state index contributed by atoms with van der Waals surface area (Å²) < 4.78 is 0. The van der Waals surface area contributed by atoms with E-state index >= 15 is 0 Å². The smallest absolute Gasteiger partial charge is 0.296 e. The zero-order chi connectivity index (χ0) is 24.6. The van der Waals surface area contributed by atoms with Crippen molar-refractivity contribution in [3.05, 3.63) is 70.3 Å². The van der Waals surface area contributed by atoms with Crippen LogP contribution in [0.2, 0.25) is 5.02 Å². The van der Waals surface area contributed by atoms with Gasteiger partial charge in [-0.05, 0) is 36.8 Å². The fourth-order valence-electron chi connectivity index (χ4n) is 4.95. The summed E-state index contributed by atoms with van der Waals surface area (Å²) in [5.41, 5.74) is -0.376. The molecule has 178 valence electrons. The number of aliphatic hydroxyl groups is 1. The molecule has 34 heavy (non-hydrogen) atoms. The van der Waals surface area contributed by atoms with Crippen LogP contribution in [0, 0.1) is 0 Å². The number of nitrogens with one attached hydrogen (secondary N) is 1. The minimum atomic E-state index is -1.70. The maximum absolute atomic E-state index is 14.2. The van der Waals surface area contributed by atoms with Crippen LogP contribution in [0.4, 0.5) is 5.69 Å². The first-order valence-electron chi connectivity index (χ1n) is 11.5. The first kappa shape index (κ1) is 24.0. The summed E-state index contributed by atoms with van der Waals surface area (Å²) in [6.45, 7) is 3.37. The second-order valence-electron chi connectivity index (χ2n) is 9.01. The Morgan fingerprint density at radius 1 is 1.03 bits per heavy atom. The molecule has 1 atom stereocenters. The zero-order valence-corrected chi connectivity index (χ0v) is 20.4. The Balaban J connectivity index is 1.99. The Labute approximate surface area is 204 Å². The number of halogens is 1. The Kier molecular flexibility index (Phi) is 6.51. The lowest BCUT2D eigenvalue weighted by molar-refractivity contribution is -0.858. The molecular weight excluding hydrogens is 454 g/mol. The van der Waals surface area contributed by atoms with Crippen molar-refractivity contribution in [2.75, 3.05) is 38.6 Å². The highest BCUT2D eigenvalue weighted by molar-refractivity contribution is 6.50. The molecule has 2 aliphatic rings. The molecule has 0 saturated carbocycles. The van der Waals surface area contributed by atoms with Gasteiger partial charge in [-0.3, -0.25) is 14.4 Å². The van der Waals surface area contributed by atoms with Crippen LogP contribution in [-0.2, 0) is 19.9 Å². The molecule has 1 saturated heterocycles. The first-order valence-corrected chi connectivity index (χ1v) is 11.9. The molecule has 4 rings (SSSR count). The number of benzene rings is 2. The molecule has 2 N–H and O–H groups in total. The molecule has 0 aliphatic carbocycles. The van der Waals surface area contributed by atoms with Crippen molar-refractivity contribution >= 4 is 40.6 Å². The minimum absolute atomic E-state index is 0.187. The van der Waals surface area contributed by atoms with Gasteiger partial charge in [-0.25, -0.2) is 0 Å². The van der Waals surface area contributed by atoms with E-state index in [0.717, 1.165) is 6.54 Å². The van der Waals surface area contributed by atoms with Crippen molar-refractivity contribution in [3.8, 4) is 0 Å². The number of fused-ring (bicyclic) bond motifs is 2. The second-order valence-corrected chi connectivity index (χ2v) is 9.45. The predicted molar refractivity (Wildman–Crippen MR) is 131 cm³/mol. The number of anilines is 1. The molecule has 2 aromatic carbocycles. The fourth-order valence-corrected chi connectivity index (χ4v) is 5.08. The Bertz CT molecular complexity index is 1170. The number of para-hydroxylation sites is 1. The highest BCUT2D eigenvalue weighted by Gasteiger charge is 2.66. The van der Waals surface area contributed by atoms with Crippen LogP contribution in [0.3, 0.4) is 0 Å². The van der Waals surface area contributed by atoms with Crippen molar-refractivity contribution in [3.63, 3.8) is 0 Å². The summed E-state index contributed by atoms with van der Waals surface area (Å²) in [6, 6.07) is 13.5. The molecule has 1 unspecified atom stereocenters. The molecule has 1 fully saturated rings. The maximum atomic E-state index is 14.2. The number of nitrogens with zero attached hydrogens (tertiary/aromatic N) is 2. The normalized spacial score (nSPS) is 21.3. The zero-order valence-electron chi connectivity index (χ0n) is 19.6. The molecule has 2 heterocycles. The standard InChI is InChI=1S/C26H28ClN3O4/c1-4-14-29-20-9-6-5-8-19(20)26(25(29)34)21(22(31)17-10-12-18(27)13-11-17)23(32)24(33)30(26)16-7-15-28(2)3/h5-6,8-13,31H,4,7,14-16H2,1-3H3/p+1. The number of hydrogen-bond acceptors (Lipinski definition) is 4. The van der Waals surface area contributed by atoms with E-state index in [-0.39, 0.29) is 23.8 Å². The van der Waals surface area contributed by atoms with Gasteiger partial charge in [0.1, 0.15) is 5.76 Å². The van der Waals surface area contributed by atoms with Crippen molar-refractivity contribution in [1.82, 2.24) is 4.90 Å².